The van der Waals surface area contributed by atoms with Crippen LogP contribution in [0.25, 0.3) is 0 Å². The van der Waals surface area contributed by atoms with Gasteiger partial charge >= 0.3 is 0 Å². The highest BCUT2D eigenvalue weighted by Crippen LogP contribution is 2.10. The van der Waals surface area contributed by atoms with Crippen LogP contribution in [-0.4, -0.2) is 29.9 Å². The SMILES string of the molecule is CCC(N)CC(=O)N1CCCCC1. The van der Waals surface area contributed by atoms with E-state index in [1.165, 1.54) is 6.42 Å². The maximum absolute atomic E-state index is 11.6. The van der Waals surface area contributed by atoms with Crippen molar-refractivity contribution in [3.63, 3.8) is 0 Å². The van der Waals surface area contributed by atoms with Gasteiger partial charge in [0.15, 0.2) is 0 Å². The highest BCUT2D eigenvalue weighted by atomic mass is 16.2. The molecule has 1 amide bonds. The van der Waals surface area contributed by atoms with Crippen molar-refractivity contribution in [1.29, 1.82) is 0 Å². The summed E-state index contributed by atoms with van der Waals surface area (Å²) in [6.45, 7) is 3.90. The molecule has 0 spiro atoms. The van der Waals surface area contributed by atoms with Gasteiger partial charge in [0.05, 0.1) is 0 Å². The zero-order valence-electron chi connectivity index (χ0n) is 8.46. The van der Waals surface area contributed by atoms with Crippen molar-refractivity contribution in [2.75, 3.05) is 13.1 Å². The molecule has 1 unspecified atom stereocenters. The fourth-order valence-corrected chi connectivity index (χ4v) is 1.64. The number of hydrogen-bond acceptors (Lipinski definition) is 2. The first kappa shape index (κ1) is 10.5. The zero-order chi connectivity index (χ0) is 9.68. The molecule has 1 saturated heterocycles. The molecule has 0 aliphatic carbocycles. The lowest BCUT2D eigenvalue weighted by Crippen LogP contribution is -2.38. The van der Waals surface area contributed by atoms with Gasteiger partial charge in [-0.25, -0.2) is 0 Å². The van der Waals surface area contributed by atoms with E-state index in [-0.39, 0.29) is 11.9 Å². The summed E-state index contributed by atoms with van der Waals surface area (Å²) in [5.74, 6) is 0.244. The van der Waals surface area contributed by atoms with Crippen LogP contribution in [0.4, 0.5) is 0 Å². The predicted molar refractivity (Wildman–Crippen MR) is 53.3 cm³/mol. The van der Waals surface area contributed by atoms with Gasteiger partial charge in [-0.15, -0.1) is 0 Å². The van der Waals surface area contributed by atoms with Gasteiger partial charge < -0.3 is 10.6 Å². The van der Waals surface area contributed by atoms with E-state index in [0.29, 0.717) is 6.42 Å². The quantitative estimate of drug-likeness (QED) is 0.714. The van der Waals surface area contributed by atoms with Crippen LogP contribution in [0.15, 0.2) is 0 Å². The van der Waals surface area contributed by atoms with Crippen LogP contribution in [0.1, 0.15) is 39.0 Å². The minimum atomic E-state index is 0.0504. The fourth-order valence-electron chi connectivity index (χ4n) is 1.64. The van der Waals surface area contributed by atoms with E-state index in [0.717, 1.165) is 32.4 Å². The van der Waals surface area contributed by atoms with Gasteiger partial charge in [0, 0.05) is 25.6 Å². The number of amides is 1. The second kappa shape index (κ2) is 5.22. The average molecular weight is 184 g/mol. The maximum atomic E-state index is 11.6. The number of carbonyl (C=O) groups is 1. The molecule has 0 bridgehead atoms. The molecule has 2 N–H and O–H groups in total. The number of nitrogens with two attached hydrogens (primary N) is 1. The summed E-state index contributed by atoms with van der Waals surface area (Å²) in [6.07, 6.45) is 5.00. The summed E-state index contributed by atoms with van der Waals surface area (Å²) in [6, 6.07) is 0.0504. The number of likely N-dealkylation sites (tertiary alicyclic amines) is 1. The Morgan fingerprint density at radius 3 is 2.54 bits per heavy atom. The van der Waals surface area contributed by atoms with Crippen LogP contribution in [-0.2, 0) is 4.79 Å². The molecule has 1 heterocycles. The molecule has 0 aromatic carbocycles. The van der Waals surface area contributed by atoms with E-state index in [1.807, 2.05) is 11.8 Å². The van der Waals surface area contributed by atoms with Crippen LogP contribution in [0.5, 0.6) is 0 Å². The predicted octanol–water partition coefficient (Wildman–Crippen LogP) is 1.13. The highest BCUT2D eigenvalue weighted by molar-refractivity contribution is 5.76. The van der Waals surface area contributed by atoms with E-state index in [2.05, 4.69) is 0 Å². The van der Waals surface area contributed by atoms with Crippen LogP contribution in [0.3, 0.4) is 0 Å². The fraction of sp³-hybridized carbons (Fsp3) is 0.900. The molecule has 0 aromatic heterocycles. The Morgan fingerprint density at radius 1 is 1.38 bits per heavy atom. The first-order valence-electron chi connectivity index (χ1n) is 5.27. The first-order chi connectivity index (χ1) is 6.24. The number of piperidine rings is 1. The molecular formula is C10H20N2O. The minimum Gasteiger partial charge on any atom is -0.343 e. The normalized spacial score (nSPS) is 20.0. The Labute approximate surface area is 80.3 Å². The van der Waals surface area contributed by atoms with Crippen LogP contribution < -0.4 is 5.73 Å². The van der Waals surface area contributed by atoms with Crippen molar-refractivity contribution in [2.24, 2.45) is 5.73 Å². The molecule has 1 aliphatic heterocycles. The Hall–Kier alpha value is -0.570. The lowest BCUT2D eigenvalue weighted by atomic mass is 10.1. The van der Waals surface area contributed by atoms with Crippen molar-refractivity contribution < 1.29 is 4.79 Å². The van der Waals surface area contributed by atoms with Gasteiger partial charge in [0.1, 0.15) is 0 Å². The lowest BCUT2D eigenvalue weighted by Gasteiger charge is -2.27. The smallest absolute Gasteiger partial charge is 0.224 e. The van der Waals surface area contributed by atoms with Crippen LogP contribution in [0, 0.1) is 0 Å². The lowest BCUT2D eigenvalue weighted by molar-refractivity contribution is -0.132. The molecule has 1 aliphatic rings. The Balaban J connectivity index is 2.29. The molecule has 0 aromatic rings. The van der Waals surface area contributed by atoms with Gasteiger partial charge in [0.2, 0.25) is 5.91 Å². The third kappa shape index (κ3) is 3.35. The summed E-state index contributed by atoms with van der Waals surface area (Å²) in [5, 5.41) is 0. The minimum absolute atomic E-state index is 0.0504. The largest absolute Gasteiger partial charge is 0.343 e. The molecule has 76 valence electrons. The summed E-state index contributed by atoms with van der Waals surface area (Å²) in [5.41, 5.74) is 5.73. The van der Waals surface area contributed by atoms with E-state index in [4.69, 9.17) is 5.73 Å². The third-order valence-electron chi connectivity index (χ3n) is 2.67. The van der Waals surface area contributed by atoms with Gasteiger partial charge in [-0.3, -0.25) is 4.79 Å². The first-order valence-corrected chi connectivity index (χ1v) is 5.27. The van der Waals surface area contributed by atoms with E-state index in [9.17, 15) is 4.79 Å². The number of nitrogens with zero attached hydrogens (tertiary/aromatic N) is 1. The van der Waals surface area contributed by atoms with Crippen molar-refractivity contribution in [3.8, 4) is 0 Å². The van der Waals surface area contributed by atoms with Crippen LogP contribution in [0.2, 0.25) is 0 Å². The summed E-state index contributed by atoms with van der Waals surface area (Å²) < 4.78 is 0. The van der Waals surface area contributed by atoms with Gasteiger partial charge in [-0.05, 0) is 25.7 Å². The molecule has 1 atom stereocenters. The van der Waals surface area contributed by atoms with Gasteiger partial charge in [-0.2, -0.15) is 0 Å². The zero-order valence-corrected chi connectivity index (χ0v) is 8.46. The number of hydrogen-bond donors (Lipinski definition) is 1. The molecule has 0 saturated carbocycles. The Morgan fingerprint density at radius 2 is 2.00 bits per heavy atom. The van der Waals surface area contributed by atoms with Crippen molar-refractivity contribution >= 4 is 5.91 Å². The highest BCUT2D eigenvalue weighted by Gasteiger charge is 2.17. The summed E-state index contributed by atoms with van der Waals surface area (Å²) >= 11 is 0. The molecule has 1 rings (SSSR count). The number of rotatable bonds is 3. The second-order valence-electron chi connectivity index (χ2n) is 3.81. The second-order valence-corrected chi connectivity index (χ2v) is 3.81. The van der Waals surface area contributed by atoms with Crippen molar-refractivity contribution in [3.05, 3.63) is 0 Å². The van der Waals surface area contributed by atoms with Crippen molar-refractivity contribution in [2.45, 2.75) is 45.1 Å². The maximum Gasteiger partial charge on any atom is 0.224 e. The molecule has 0 radical (unpaired) electrons. The Kier molecular flexibility index (Phi) is 4.22. The topological polar surface area (TPSA) is 46.3 Å². The third-order valence-corrected chi connectivity index (χ3v) is 2.67. The van der Waals surface area contributed by atoms with E-state index in [1.54, 1.807) is 0 Å². The monoisotopic (exact) mass is 184 g/mol. The Bertz CT molecular complexity index is 164. The van der Waals surface area contributed by atoms with Gasteiger partial charge in [-0.1, -0.05) is 6.92 Å². The molecule has 1 fully saturated rings. The molecule has 3 heteroatoms. The standard InChI is InChI=1S/C10H20N2O/c1-2-9(11)8-10(13)12-6-4-3-5-7-12/h9H,2-8,11H2,1H3. The summed E-state index contributed by atoms with van der Waals surface area (Å²) in [7, 11) is 0. The molecule has 13 heavy (non-hydrogen) atoms. The molecule has 3 nitrogen and oxygen atoms in total. The molecular weight excluding hydrogens is 164 g/mol. The summed E-state index contributed by atoms with van der Waals surface area (Å²) in [4.78, 5) is 13.6. The van der Waals surface area contributed by atoms with E-state index < -0.39 is 0 Å². The number of carbonyl (C=O) groups excluding carboxylic acids is 1. The van der Waals surface area contributed by atoms with E-state index >= 15 is 0 Å². The average Bonchev–Trinajstić information content (AvgIpc) is 2.19. The van der Waals surface area contributed by atoms with Crippen LogP contribution >= 0.6 is 0 Å². The van der Waals surface area contributed by atoms with Gasteiger partial charge in [0.25, 0.3) is 0 Å². The van der Waals surface area contributed by atoms with Crippen molar-refractivity contribution in [1.82, 2.24) is 4.90 Å².